The van der Waals surface area contributed by atoms with Crippen molar-refractivity contribution in [3.8, 4) is 11.5 Å². The standard InChI is InChI=1S/C26H18BrNO6/c1-33-20-5-3-2-4-18(20)28-23(14-6-9-17(29)10-7-14)22(25(31)26(28)32)24(30)21-13-15-12-16(27)8-11-19(15)34-21/h2-13,23,29,31H,1H3. The molecule has 1 amide bonds. The van der Waals surface area contributed by atoms with Gasteiger partial charge in [0.2, 0.25) is 5.78 Å². The molecular formula is C26H18BrNO6. The topological polar surface area (TPSA) is 100 Å². The number of carbonyl (C=O) groups excluding carboxylic acids is 2. The van der Waals surface area contributed by atoms with Crippen LogP contribution in [0.4, 0.5) is 5.69 Å². The van der Waals surface area contributed by atoms with E-state index in [1.165, 1.54) is 24.1 Å². The number of aliphatic hydroxyl groups excluding tert-OH is 1. The Morgan fingerprint density at radius 2 is 1.76 bits per heavy atom. The van der Waals surface area contributed by atoms with E-state index in [2.05, 4.69) is 15.9 Å². The molecule has 8 heteroatoms. The number of carbonyl (C=O) groups is 2. The van der Waals surface area contributed by atoms with Gasteiger partial charge in [-0.1, -0.05) is 40.2 Å². The van der Waals surface area contributed by atoms with Crippen LogP contribution in [-0.4, -0.2) is 29.0 Å². The van der Waals surface area contributed by atoms with Crippen molar-refractivity contribution in [2.24, 2.45) is 0 Å². The van der Waals surface area contributed by atoms with Gasteiger partial charge in [0.05, 0.1) is 24.4 Å². The fourth-order valence-corrected chi connectivity index (χ4v) is 4.52. The summed E-state index contributed by atoms with van der Waals surface area (Å²) in [5.74, 6) is -1.61. The van der Waals surface area contributed by atoms with E-state index < -0.39 is 23.5 Å². The monoisotopic (exact) mass is 519 g/mol. The zero-order valence-corrected chi connectivity index (χ0v) is 19.4. The van der Waals surface area contributed by atoms with E-state index >= 15 is 0 Å². The number of halogens is 1. The Morgan fingerprint density at radius 3 is 2.50 bits per heavy atom. The number of anilines is 1. The molecule has 1 aliphatic heterocycles. The van der Waals surface area contributed by atoms with Gasteiger partial charge < -0.3 is 19.4 Å². The third kappa shape index (κ3) is 3.52. The Kier molecular flexibility index (Phi) is 5.37. The molecule has 2 heterocycles. The molecule has 1 aromatic heterocycles. The molecule has 0 aliphatic carbocycles. The summed E-state index contributed by atoms with van der Waals surface area (Å²) in [6.45, 7) is 0. The minimum Gasteiger partial charge on any atom is -0.508 e. The second kappa shape index (κ2) is 8.39. The van der Waals surface area contributed by atoms with Gasteiger partial charge in [-0.25, -0.2) is 0 Å². The highest BCUT2D eigenvalue weighted by Gasteiger charge is 2.46. The molecule has 1 aliphatic rings. The number of hydrogen-bond acceptors (Lipinski definition) is 6. The molecule has 5 rings (SSSR count). The second-order valence-corrected chi connectivity index (χ2v) is 8.64. The van der Waals surface area contributed by atoms with Gasteiger partial charge in [0.15, 0.2) is 11.5 Å². The molecule has 34 heavy (non-hydrogen) atoms. The van der Waals surface area contributed by atoms with Crippen LogP contribution in [0.1, 0.15) is 22.2 Å². The zero-order chi connectivity index (χ0) is 24.0. The van der Waals surface area contributed by atoms with Crippen LogP contribution >= 0.6 is 15.9 Å². The first-order valence-corrected chi connectivity index (χ1v) is 11.1. The number of nitrogens with zero attached hydrogens (tertiary/aromatic N) is 1. The van der Waals surface area contributed by atoms with Crippen molar-refractivity contribution >= 4 is 44.3 Å². The van der Waals surface area contributed by atoms with Crippen molar-refractivity contribution in [3.05, 3.63) is 99.9 Å². The molecule has 170 valence electrons. The summed E-state index contributed by atoms with van der Waals surface area (Å²) >= 11 is 3.40. The molecular weight excluding hydrogens is 502 g/mol. The summed E-state index contributed by atoms with van der Waals surface area (Å²) in [6.07, 6.45) is 0. The normalized spacial score (nSPS) is 15.9. The molecule has 7 nitrogen and oxygen atoms in total. The lowest BCUT2D eigenvalue weighted by molar-refractivity contribution is -0.117. The van der Waals surface area contributed by atoms with Gasteiger partial charge >= 0.3 is 0 Å². The number of phenols is 1. The second-order valence-electron chi connectivity index (χ2n) is 7.73. The van der Waals surface area contributed by atoms with Crippen LogP contribution in [0.25, 0.3) is 11.0 Å². The van der Waals surface area contributed by atoms with Crippen molar-refractivity contribution in [1.82, 2.24) is 0 Å². The van der Waals surface area contributed by atoms with Crippen molar-refractivity contribution in [3.63, 3.8) is 0 Å². The number of methoxy groups -OCH3 is 1. The maximum Gasteiger partial charge on any atom is 0.294 e. The molecule has 1 unspecified atom stereocenters. The summed E-state index contributed by atoms with van der Waals surface area (Å²) < 4.78 is 12.0. The molecule has 2 N–H and O–H groups in total. The van der Waals surface area contributed by atoms with E-state index in [4.69, 9.17) is 9.15 Å². The first kappa shape index (κ1) is 21.8. The summed E-state index contributed by atoms with van der Waals surface area (Å²) in [7, 11) is 1.47. The van der Waals surface area contributed by atoms with Gasteiger partial charge in [0.25, 0.3) is 5.91 Å². The van der Waals surface area contributed by atoms with E-state index in [-0.39, 0.29) is 17.1 Å². The number of furan rings is 1. The highest BCUT2D eigenvalue weighted by atomic mass is 79.9. The van der Waals surface area contributed by atoms with E-state index in [1.807, 2.05) is 6.07 Å². The van der Waals surface area contributed by atoms with E-state index in [1.54, 1.807) is 54.6 Å². The number of aromatic hydroxyl groups is 1. The van der Waals surface area contributed by atoms with E-state index in [0.717, 1.165) is 4.47 Å². The molecule has 0 spiro atoms. The average Bonchev–Trinajstić information content (AvgIpc) is 3.37. The Hall–Kier alpha value is -4.04. The molecule has 0 fully saturated rings. The number of rotatable bonds is 5. The van der Waals surface area contributed by atoms with Crippen molar-refractivity contribution in [1.29, 1.82) is 0 Å². The maximum absolute atomic E-state index is 13.7. The highest BCUT2D eigenvalue weighted by molar-refractivity contribution is 9.10. The lowest BCUT2D eigenvalue weighted by atomic mass is 9.94. The van der Waals surface area contributed by atoms with Crippen LogP contribution in [0, 0.1) is 0 Å². The fraction of sp³-hybridized carbons (Fsp3) is 0.0769. The lowest BCUT2D eigenvalue weighted by Crippen LogP contribution is -2.31. The van der Waals surface area contributed by atoms with E-state index in [0.29, 0.717) is 28.0 Å². The minimum atomic E-state index is -0.975. The van der Waals surface area contributed by atoms with Gasteiger partial charge in [-0.2, -0.15) is 0 Å². The molecule has 0 saturated heterocycles. The zero-order valence-electron chi connectivity index (χ0n) is 17.9. The number of benzene rings is 3. The number of Topliss-reactive ketones (excluding diaryl/α,β-unsaturated/α-hetero) is 1. The Morgan fingerprint density at radius 1 is 1.03 bits per heavy atom. The fourth-order valence-electron chi connectivity index (χ4n) is 4.15. The number of ketones is 1. The highest BCUT2D eigenvalue weighted by Crippen LogP contribution is 2.45. The molecule has 1 atom stereocenters. The van der Waals surface area contributed by atoms with Crippen LogP contribution in [0.15, 0.2) is 93.0 Å². The minimum absolute atomic E-state index is 0.00638. The third-order valence-corrected chi connectivity index (χ3v) is 6.20. The van der Waals surface area contributed by atoms with E-state index in [9.17, 15) is 19.8 Å². The van der Waals surface area contributed by atoms with Crippen molar-refractivity contribution in [2.45, 2.75) is 6.04 Å². The lowest BCUT2D eigenvalue weighted by Gasteiger charge is -2.28. The summed E-state index contributed by atoms with van der Waals surface area (Å²) in [6, 6.07) is 18.9. The Labute approximate surface area is 202 Å². The van der Waals surface area contributed by atoms with Gasteiger partial charge in [-0.15, -0.1) is 0 Å². The first-order chi connectivity index (χ1) is 16.4. The predicted octanol–water partition coefficient (Wildman–Crippen LogP) is 5.69. The quantitative estimate of drug-likeness (QED) is 0.328. The number of ether oxygens (including phenoxy) is 1. The molecule has 4 aromatic rings. The van der Waals surface area contributed by atoms with Crippen LogP contribution in [0.5, 0.6) is 11.5 Å². The average molecular weight is 520 g/mol. The van der Waals surface area contributed by atoms with Crippen molar-refractivity contribution in [2.75, 3.05) is 12.0 Å². The van der Waals surface area contributed by atoms with Gasteiger partial charge in [-0.05, 0) is 54.1 Å². The summed E-state index contributed by atoms with van der Waals surface area (Å²) in [5, 5.41) is 21.4. The Bertz CT molecular complexity index is 1470. The molecule has 0 radical (unpaired) electrons. The molecule has 3 aromatic carbocycles. The predicted molar refractivity (Wildman–Crippen MR) is 129 cm³/mol. The smallest absolute Gasteiger partial charge is 0.294 e. The van der Waals surface area contributed by atoms with Crippen LogP contribution < -0.4 is 9.64 Å². The van der Waals surface area contributed by atoms with Gasteiger partial charge in [0.1, 0.15) is 17.1 Å². The van der Waals surface area contributed by atoms with Gasteiger partial charge in [0, 0.05) is 9.86 Å². The molecule has 0 bridgehead atoms. The number of fused-ring (bicyclic) bond motifs is 1. The number of phenolic OH excluding ortho intramolecular Hbond substituents is 1. The number of amides is 1. The number of para-hydroxylation sites is 2. The first-order valence-electron chi connectivity index (χ1n) is 10.3. The number of hydrogen-bond donors (Lipinski definition) is 2. The third-order valence-electron chi connectivity index (χ3n) is 5.71. The SMILES string of the molecule is COc1ccccc1N1C(=O)C(O)=C(C(=O)c2cc3cc(Br)ccc3o2)C1c1ccc(O)cc1. The Balaban J connectivity index is 1.68. The van der Waals surface area contributed by atoms with Crippen LogP contribution in [-0.2, 0) is 4.79 Å². The van der Waals surface area contributed by atoms with Crippen molar-refractivity contribution < 1.29 is 29.0 Å². The van der Waals surface area contributed by atoms with Crippen LogP contribution in [0.3, 0.4) is 0 Å². The number of aliphatic hydroxyl groups is 1. The maximum atomic E-state index is 13.7. The molecule has 0 saturated carbocycles. The van der Waals surface area contributed by atoms with Crippen LogP contribution in [0.2, 0.25) is 0 Å². The summed E-state index contributed by atoms with van der Waals surface area (Å²) in [5.41, 5.74) is 1.28. The van der Waals surface area contributed by atoms with Gasteiger partial charge in [-0.3, -0.25) is 14.5 Å². The summed E-state index contributed by atoms with van der Waals surface area (Å²) in [4.78, 5) is 28.3. The largest absolute Gasteiger partial charge is 0.508 e.